The number of benzene rings is 1. The van der Waals surface area contributed by atoms with Gasteiger partial charge in [0.2, 0.25) is 5.75 Å². The van der Waals surface area contributed by atoms with Gasteiger partial charge in [0, 0.05) is 16.7 Å². The molecular weight excluding hydrogens is 326 g/mol. The first-order valence-electron chi connectivity index (χ1n) is 5.60. The molecule has 0 spiro atoms. The number of rotatable bonds is 5. The van der Waals surface area contributed by atoms with Crippen LogP contribution in [0.4, 0.5) is 5.69 Å². The summed E-state index contributed by atoms with van der Waals surface area (Å²) in [5, 5.41) is 11.0. The van der Waals surface area contributed by atoms with Crippen LogP contribution in [-0.4, -0.2) is 32.5 Å². The Morgan fingerprint density at radius 2 is 1.95 bits per heavy atom. The highest BCUT2D eigenvalue weighted by molar-refractivity contribution is 8.13. The monoisotopic (exact) mass is 337 g/mol. The maximum atomic E-state index is 11.8. The van der Waals surface area contributed by atoms with Gasteiger partial charge in [0.15, 0.2) is 0 Å². The van der Waals surface area contributed by atoms with Gasteiger partial charge in [0.1, 0.15) is 4.90 Å². The number of nitro groups is 1. The van der Waals surface area contributed by atoms with Crippen molar-refractivity contribution in [2.75, 3.05) is 7.11 Å². The Morgan fingerprint density at radius 3 is 2.33 bits per heavy atom. The number of hydrogen-bond donors (Lipinski definition) is 0. The molecule has 21 heavy (non-hydrogen) atoms. The molecule has 0 N–H and O–H groups in total. The molecule has 0 saturated carbocycles. The average molecular weight is 338 g/mol. The van der Waals surface area contributed by atoms with E-state index in [4.69, 9.17) is 20.2 Å². The van der Waals surface area contributed by atoms with Gasteiger partial charge in [-0.15, -0.1) is 0 Å². The minimum absolute atomic E-state index is 0.310. The topological polar surface area (TPSA) is 113 Å². The van der Waals surface area contributed by atoms with Crippen molar-refractivity contribution in [3.05, 3.63) is 27.8 Å². The molecule has 1 aromatic carbocycles. The van der Waals surface area contributed by atoms with Gasteiger partial charge in [-0.2, -0.15) is 0 Å². The Morgan fingerprint density at radius 1 is 1.38 bits per heavy atom. The van der Waals surface area contributed by atoms with Crippen LogP contribution in [0.5, 0.6) is 5.75 Å². The third kappa shape index (κ3) is 4.05. The Bertz CT molecular complexity index is 684. The summed E-state index contributed by atoms with van der Waals surface area (Å²) in [5.74, 6) is -1.45. The molecule has 0 atom stereocenters. The van der Waals surface area contributed by atoms with Crippen LogP contribution in [0.1, 0.15) is 24.2 Å². The van der Waals surface area contributed by atoms with Crippen LogP contribution in [0.15, 0.2) is 17.0 Å². The fourth-order valence-corrected chi connectivity index (χ4v) is 2.53. The highest BCUT2D eigenvalue weighted by atomic mass is 35.7. The van der Waals surface area contributed by atoms with E-state index in [-0.39, 0.29) is 5.56 Å². The lowest BCUT2D eigenvalue weighted by Gasteiger charge is -2.11. The summed E-state index contributed by atoms with van der Waals surface area (Å²) in [6.07, 6.45) is -0.477. The summed E-state index contributed by atoms with van der Waals surface area (Å²) < 4.78 is 32.6. The summed E-state index contributed by atoms with van der Waals surface area (Å²) in [4.78, 5) is 21.2. The molecule has 8 nitrogen and oxygen atoms in total. The summed E-state index contributed by atoms with van der Waals surface area (Å²) in [7, 11) is 1.92. The molecule has 1 aromatic rings. The van der Waals surface area contributed by atoms with Gasteiger partial charge in [-0.25, -0.2) is 13.2 Å². The molecule has 0 amide bonds. The van der Waals surface area contributed by atoms with Crippen LogP contribution in [0.25, 0.3) is 0 Å². The van der Waals surface area contributed by atoms with Gasteiger partial charge < -0.3 is 9.47 Å². The van der Waals surface area contributed by atoms with E-state index in [0.717, 1.165) is 19.2 Å². The number of nitrogens with zero attached hydrogens (tertiary/aromatic N) is 1. The first-order chi connectivity index (χ1) is 9.57. The van der Waals surface area contributed by atoms with Crippen LogP contribution in [0.3, 0.4) is 0 Å². The number of nitro benzene ring substituents is 1. The van der Waals surface area contributed by atoms with Gasteiger partial charge in [0.25, 0.3) is 9.05 Å². The van der Waals surface area contributed by atoms with Gasteiger partial charge in [-0.05, 0) is 19.9 Å². The van der Waals surface area contributed by atoms with Crippen LogP contribution >= 0.6 is 10.7 Å². The summed E-state index contributed by atoms with van der Waals surface area (Å²) in [6.45, 7) is 3.16. The highest BCUT2D eigenvalue weighted by Crippen LogP contribution is 2.37. The molecular formula is C11H12ClNO7S. The van der Waals surface area contributed by atoms with E-state index < -0.39 is 42.4 Å². The molecule has 0 unspecified atom stereocenters. The van der Waals surface area contributed by atoms with E-state index in [1.165, 1.54) is 0 Å². The highest BCUT2D eigenvalue weighted by Gasteiger charge is 2.29. The van der Waals surface area contributed by atoms with Crippen LogP contribution in [0.2, 0.25) is 0 Å². The van der Waals surface area contributed by atoms with Gasteiger partial charge in [0.05, 0.1) is 23.7 Å². The summed E-state index contributed by atoms with van der Waals surface area (Å²) in [5.41, 5.74) is -1.01. The van der Waals surface area contributed by atoms with Crippen molar-refractivity contribution in [3.63, 3.8) is 0 Å². The summed E-state index contributed by atoms with van der Waals surface area (Å²) >= 11 is 0. The largest absolute Gasteiger partial charge is 0.489 e. The smallest absolute Gasteiger partial charge is 0.338 e. The van der Waals surface area contributed by atoms with Crippen molar-refractivity contribution >= 4 is 31.4 Å². The summed E-state index contributed by atoms with van der Waals surface area (Å²) in [6, 6.07) is 1.74. The van der Waals surface area contributed by atoms with Crippen molar-refractivity contribution in [2.24, 2.45) is 0 Å². The van der Waals surface area contributed by atoms with E-state index in [9.17, 15) is 23.3 Å². The second kappa shape index (κ2) is 6.27. The van der Waals surface area contributed by atoms with E-state index >= 15 is 0 Å². The third-order valence-electron chi connectivity index (χ3n) is 2.28. The number of hydrogen-bond acceptors (Lipinski definition) is 7. The lowest BCUT2D eigenvalue weighted by atomic mass is 10.2. The fraction of sp³-hybridized carbons (Fsp3) is 0.364. The average Bonchev–Trinajstić information content (AvgIpc) is 2.34. The minimum Gasteiger partial charge on any atom is -0.489 e. The first kappa shape index (κ1) is 17.2. The van der Waals surface area contributed by atoms with E-state index in [0.29, 0.717) is 0 Å². The number of carbonyl (C=O) groups is 1. The quantitative estimate of drug-likeness (QED) is 0.350. The van der Waals surface area contributed by atoms with E-state index in [2.05, 4.69) is 0 Å². The van der Waals surface area contributed by atoms with E-state index in [1.807, 2.05) is 0 Å². The van der Waals surface area contributed by atoms with E-state index in [1.54, 1.807) is 13.8 Å². The predicted octanol–water partition coefficient (Wildman–Crippen LogP) is 2.10. The molecule has 0 bridgehead atoms. The molecule has 1 rings (SSSR count). The predicted molar refractivity (Wildman–Crippen MR) is 73.2 cm³/mol. The van der Waals surface area contributed by atoms with Crippen molar-refractivity contribution in [3.8, 4) is 5.75 Å². The first-order valence-corrected chi connectivity index (χ1v) is 7.91. The molecule has 0 heterocycles. The zero-order chi connectivity index (χ0) is 16.4. The molecule has 0 saturated heterocycles. The molecule has 0 fully saturated rings. The molecule has 116 valence electrons. The normalized spacial score (nSPS) is 11.3. The second-order valence-electron chi connectivity index (χ2n) is 4.18. The molecule has 0 aliphatic carbocycles. The number of carbonyl (C=O) groups excluding carboxylic acids is 1. The molecule has 0 radical (unpaired) electrons. The van der Waals surface area contributed by atoms with Crippen LogP contribution in [-0.2, 0) is 13.8 Å². The molecule has 0 aliphatic heterocycles. The molecule has 0 aliphatic rings. The lowest BCUT2D eigenvalue weighted by molar-refractivity contribution is -0.386. The van der Waals surface area contributed by atoms with Crippen molar-refractivity contribution < 1.29 is 27.6 Å². The SMILES string of the molecule is COc1c([N+](=O)[O-])cc(C(=O)OC(C)C)cc1S(=O)(=O)Cl. The number of halogens is 1. The number of ether oxygens (including phenoxy) is 2. The van der Waals surface area contributed by atoms with Crippen molar-refractivity contribution in [1.29, 1.82) is 0 Å². The van der Waals surface area contributed by atoms with Crippen LogP contribution < -0.4 is 4.74 Å². The second-order valence-corrected chi connectivity index (χ2v) is 6.71. The zero-order valence-corrected chi connectivity index (χ0v) is 12.9. The fourth-order valence-electron chi connectivity index (χ4n) is 1.51. The van der Waals surface area contributed by atoms with Crippen molar-refractivity contribution in [1.82, 2.24) is 0 Å². The third-order valence-corrected chi connectivity index (χ3v) is 3.60. The maximum absolute atomic E-state index is 11.8. The Kier molecular flexibility index (Phi) is 5.13. The number of esters is 1. The molecule has 0 aromatic heterocycles. The van der Waals surface area contributed by atoms with Crippen molar-refractivity contribution in [2.45, 2.75) is 24.8 Å². The lowest BCUT2D eigenvalue weighted by Crippen LogP contribution is -2.13. The van der Waals surface area contributed by atoms with Gasteiger partial charge >= 0.3 is 11.7 Å². The number of methoxy groups -OCH3 is 1. The van der Waals surface area contributed by atoms with Gasteiger partial charge in [-0.1, -0.05) is 0 Å². The zero-order valence-electron chi connectivity index (χ0n) is 11.3. The Labute approximate surface area is 125 Å². The maximum Gasteiger partial charge on any atom is 0.338 e. The molecule has 10 heteroatoms. The van der Waals surface area contributed by atoms with Gasteiger partial charge in [-0.3, -0.25) is 10.1 Å². The standard InChI is InChI=1S/C11H12ClNO7S/c1-6(2)20-11(14)7-4-8(13(15)16)10(19-3)9(5-7)21(12,17)18/h4-6H,1-3H3. The van der Waals surface area contributed by atoms with Crippen LogP contribution in [0, 0.1) is 10.1 Å². The Hall–Kier alpha value is -1.87. The minimum atomic E-state index is -4.35. The Balaban J connectivity index is 3.61.